The van der Waals surface area contributed by atoms with Gasteiger partial charge in [0.25, 0.3) is 11.8 Å². The van der Waals surface area contributed by atoms with Crippen LogP contribution in [0.4, 0.5) is 15.6 Å². The Kier molecular flexibility index (Phi) is 4.66. The third kappa shape index (κ3) is 3.63. The normalized spacial score (nSPS) is 16.6. The number of likely N-dealkylation sites (N-methyl/N-ethyl adjacent to an activating group) is 1. The van der Waals surface area contributed by atoms with E-state index in [0.29, 0.717) is 21.9 Å². The van der Waals surface area contributed by atoms with Crippen molar-refractivity contribution in [3.8, 4) is 0 Å². The lowest BCUT2D eigenvalue weighted by Gasteiger charge is -2.29. The van der Waals surface area contributed by atoms with Crippen LogP contribution in [0.2, 0.25) is 0 Å². The van der Waals surface area contributed by atoms with E-state index in [4.69, 9.17) is 0 Å². The molecule has 0 unspecified atom stereocenters. The number of carbonyl (C=O) groups excluding carboxylic acids is 3. The van der Waals surface area contributed by atoms with Crippen molar-refractivity contribution in [2.45, 2.75) is 39.3 Å². The van der Waals surface area contributed by atoms with Crippen LogP contribution in [0.15, 0.2) is 18.2 Å². The maximum absolute atomic E-state index is 12.7. The van der Waals surface area contributed by atoms with Crippen molar-refractivity contribution in [3.63, 3.8) is 0 Å². The van der Waals surface area contributed by atoms with Gasteiger partial charge in [0.15, 0.2) is 5.13 Å². The molecule has 0 fully saturated rings. The molecule has 9 heteroatoms. The van der Waals surface area contributed by atoms with Crippen molar-refractivity contribution in [2.75, 3.05) is 24.2 Å². The molecule has 2 aliphatic heterocycles. The van der Waals surface area contributed by atoms with Gasteiger partial charge in [-0.1, -0.05) is 0 Å². The second-order valence-electron chi connectivity index (χ2n) is 8.33. The van der Waals surface area contributed by atoms with Crippen LogP contribution in [0.5, 0.6) is 0 Å². The van der Waals surface area contributed by atoms with Crippen molar-refractivity contribution >= 4 is 40.0 Å². The first-order valence-corrected chi connectivity index (χ1v) is 10.2. The number of anilines is 2. The van der Waals surface area contributed by atoms with Crippen molar-refractivity contribution in [3.05, 3.63) is 39.9 Å². The molecule has 4 rings (SSSR count). The molecule has 0 atom stereocenters. The minimum atomic E-state index is -0.615. The van der Waals surface area contributed by atoms with E-state index in [2.05, 4.69) is 27.6 Å². The molecule has 2 N–H and O–H groups in total. The number of nitrogens with zero attached hydrogens (tertiary/aromatic N) is 3. The van der Waals surface area contributed by atoms with Gasteiger partial charge in [-0.05, 0) is 46.0 Å². The van der Waals surface area contributed by atoms with Gasteiger partial charge >= 0.3 is 6.03 Å². The van der Waals surface area contributed by atoms with E-state index in [9.17, 15) is 14.4 Å². The maximum Gasteiger partial charge on any atom is 0.325 e. The van der Waals surface area contributed by atoms with Crippen molar-refractivity contribution in [2.24, 2.45) is 0 Å². The van der Waals surface area contributed by atoms with Gasteiger partial charge in [0.2, 0.25) is 0 Å². The Morgan fingerprint density at radius 2 is 1.86 bits per heavy atom. The van der Waals surface area contributed by atoms with E-state index in [1.54, 1.807) is 18.2 Å². The summed E-state index contributed by atoms with van der Waals surface area (Å²) in [5.74, 6) is -0.662. The molecule has 0 aliphatic carbocycles. The average molecular weight is 414 g/mol. The van der Waals surface area contributed by atoms with E-state index < -0.39 is 11.6 Å². The van der Waals surface area contributed by atoms with Crippen molar-refractivity contribution in [1.82, 2.24) is 14.8 Å². The summed E-state index contributed by atoms with van der Waals surface area (Å²) in [5, 5.41) is 6.03. The Bertz CT molecular complexity index is 1020. The van der Waals surface area contributed by atoms with Gasteiger partial charge in [0.1, 0.15) is 0 Å². The van der Waals surface area contributed by atoms with Gasteiger partial charge in [-0.3, -0.25) is 19.8 Å². The molecule has 0 spiro atoms. The smallest absolute Gasteiger partial charge is 0.308 e. The molecular formula is C20H23N5O3S. The predicted octanol–water partition coefficient (Wildman–Crippen LogP) is 3.17. The third-order valence-electron chi connectivity index (χ3n) is 4.96. The van der Waals surface area contributed by atoms with Crippen LogP contribution < -0.4 is 10.6 Å². The average Bonchev–Trinajstić information content (AvgIpc) is 3.12. The number of aromatic nitrogens is 1. The molecule has 29 heavy (non-hydrogen) atoms. The molecule has 152 valence electrons. The number of fused-ring (bicyclic) bond motifs is 2. The maximum atomic E-state index is 12.7. The van der Waals surface area contributed by atoms with Gasteiger partial charge in [-0.15, -0.1) is 11.3 Å². The summed E-state index contributed by atoms with van der Waals surface area (Å²) in [7, 11) is 2.06. The largest absolute Gasteiger partial charge is 0.325 e. The van der Waals surface area contributed by atoms with Crippen LogP contribution in [0, 0.1) is 0 Å². The van der Waals surface area contributed by atoms with Gasteiger partial charge < -0.3 is 10.2 Å². The molecule has 1 aromatic carbocycles. The molecule has 0 radical (unpaired) electrons. The fourth-order valence-corrected chi connectivity index (χ4v) is 4.65. The molecule has 4 amide bonds. The van der Waals surface area contributed by atoms with Crippen LogP contribution in [0.3, 0.4) is 0 Å². The summed E-state index contributed by atoms with van der Waals surface area (Å²) in [6.45, 7) is 7.23. The summed E-state index contributed by atoms with van der Waals surface area (Å²) in [6, 6.07) is 4.31. The zero-order valence-electron chi connectivity index (χ0n) is 16.8. The number of benzene rings is 1. The molecule has 1 aromatic heterocycles. The van der Waals surface area contributed by atoms with E-state index in [1.807, 2.05) is 20.8 Å². The van der Waals surface area contributed by atoms with Crippen molar-refractivity contribution in [1.29, 1.82) is 0 Å². The molecule has 0 bridgehead atoms. The fourth-order valence-electron chi connectivity index (χ4n) is 3.56. The van der Waals surface area contributed by atoms with E-state index in [1.165, 1.54) is 16.2 Å². The molecule has 2 aliphatic rings. The first kappa shape index (κ1) is 19.5. The SMILES string of the molecule is CN1CCc2nc(NC(=O)Nc3ccc4c(c3)C(=O)N(C(C)(C)C)C4=O)sc2C1. The predicted molar refractivity (Wildman–Crippen MR) is 111 cm³/mol. The van der Waals surface area contributed by atoms with Crippen LogP contribution in [-0.4, -0.2) is 51.8 Å². The van der Waals surface area contributed by atoms with E-state index in [0.717, 1.165) is 30.1 Å². The number of nitrogens with one attached hydrogen (secondary N) is 2. The van der Waals surface area contributed by atoms with Gasteiger partial charge in [-0.25, -0.2) is 9.78 Å². The highest BCUT2D eigenvalue weighted by Gasteiger charge is 2.41. The zero-order chi connectivity index (χ0) is 20.9. The molecule has 2 aromatic rings. The minimum Gasteiger partial charge on any atom is -0.308 e. The monoisotopic (exact) mass is 413 g/mol. The number of urea groups is 1. The number of hydrogen-bond donors (Lipinski definition) is 2. The summed E-state index contributed by atoms with van der Waals surface area (Å²) < 4.78 is 0. The highest BCUT2D eigenvalue weighted by Crippen LogP contribution is 2.31. The number of carbonyl (C=O) groups is 3. The minimum absolute atomic E-state index is 0.301. The standard InChI is InChI=1S/C20H23N5O3S/c1-20(2,3)25-16(26)12-6-5-11(9-13(12)17(25)27)21-18(28)23-19-22-14-7-8-24(4)10-15(14)29-19/h5-6,9H,7-8,10H2,1-4H3,(H2,21,22,23,28). The van der Waals surface area contributed by atoms with Crippen LogP contribution in [0.1, 0.15) is 52.1 Å². The lowest BCUT2D eigenvalue weighted by atomic mass is 10.1. The second-order valence-corrected chi connectivity index (χ2v) is 9.42. The number of hydrogen-bond acceptors (Lipinski definition) is 6. The molecular weight excluding hydrogens is 390 g/mol. The first-order valence-electron chi connectivity index (χ1n) is 9.41. The lowest BCUT2D eigenvalue weighted by molar-refractivity contribution is 0.0507. The van der Waals surface area contributed by atoms with Gasteiger partial charge in [0.05, 0.1) is 16.8 Å². The van der Waals surface area contributed by atoms with Gasteiger partial charge in [0, 0.05) is 35.6 Å². The molecule has 3 heterocycles. The number of amides is 4. The zero-order valence-corrected chi connectivity index (χ0v) is 17.6. The second kappa shape index (κ2) is 6.93. The Morgan fingerprint density at radius 1 is 1.14 bits per heavy atom. The Hall–Kier alpha value is -2.78. The van der Waals surface area contributed by atoms with E-state index in [-0.39, 0.29) is 11.8 Å². The van der Waals surface area contributed by atoms with Gasteiger partial charge in [-0.2, -0.15) is 0 Å². The fraction of sp³-hybridized carbons (Fsp3) is 0.400. The highest BCUT2D eigenvalue weighted by molar-refractivity contribution is 7.15. The Labute approximate surface area is 172 Å². The Morgan fingerprint density at radius 3 is 2.59 bits per heavy atom. The summed E-state index contributed by atoms with van der Waals surface area (Å²) in [6.07, 6.45) is 0.872. The van der Waals surface area contributed by atoms with E-state index >= 15 is 0 Å². The van der Waals surface area contributed by atoms with Crippen LogP contribution in [-0.2, 0) is 13.0 Å². The number of thiazole rings is 1. The van der Waals surface area contributed by atoms with Crippen LogP contribution >= 0.6 is 11.3 Å². The number of rotatable bonds is 2. The highest BCUT2D eigenvalue weighted by atomic mass is 32.1. The third-order valence-corrected chi connectivity index (χ3v) is 5.96. The first-order chi connectivity index (χ1) is 13.6. The van der Waals surface area contributed by atoms with Crippen molar-refractivity contribution < 1.29 is 14.4 Å². The summed E-state index contributed by atoms with van der Waals surface area (Å²) >= 11 is 1.47. The summed E-state index contributed by atoms with van der Waals surface area (Å²) in [5.41, 5.74) is 1.52. The topological polar surface area (TPSA) is 94.6 Å². The number of imide groups is 1. The molecule has 0 saturated heterocycles. The summed E-state index contributed by atoms with van der Waals surface area (Å²) in [4.78, 5) is 46.8. The molecule has 8 nitrogen and oxygen atoms in total. The Balaban J connectivity index is 1.48. The molecule has 0 saturated carbocycles. The quantitative estimate of drug-likeness (QED) is 0.738. The van der Waals surface area contributed by atoms with Crippen LogP contribution in [0.25, 0.3) is 0 Å². The lowest BCUT2D eigenvalue weighted by Crippen LogP contribution is -2.45.